The molecule has 0 radical (unpaired) electrons. The van der Waals surface area contributed by atoms with Crippen molar-refractivity contribution in [2.24, 2.45) is 0 Å². The highest BCUT2D eigenvalue weighted by atomic mass is 79.9. The van der Waals surface area contributed by atoms with Crippen LogP contribution in [0.15, 0.2) is 49.4 Å². The van der Waals surface area contributed by atoms with Crippen LogP contribution in [0.2, 0.25) is 0 Å². The number of halogens is 8. The van der Waals surface area contributed by atoms with Crippen LogP contribution < -0.4 is 0 Å². The van der Waals surface area contributed by atoms with Crippen molar-refractivity contribution in [3.05, 3.63) is 54.9 Å². The molecule has 2 aliphatic carbocycles. The minimum atomic E-state index is -0.483. The zero-order chi connectivity index (χ0) is 19.9. The number of hydrogen-bond donors (Lipinski definition) is 0. The molecule has 2 aliphatic rings. The number of hydrogen-bond acceptors (Lipinski definition) is 0. The molecule has 0 N–H and O–H groups in total. The zero-order valence-electron chi connectivity index (χ0n) is 13.9. The molecular formula is C18H14Br8. The number of fused-ring (bicyclic) bond motifs is 1. The first-order valence-corrected chi connectivity index (χ1v) is 14.0. The number of benzene rings is 1. The summed E-state index contributed by atoms with van der Waals surface area (Å²) < 4.78 is 0.920. The van der Waals surface area contributed by atoms with Gasteiger partial charge in [-0.25, -0.2) is 0 Å². The summed E-state index contributed by atoms with van der Waals surface area (Å²) in [5.74, 6) is 0. The molecule has 0 bridgehead atoms. The topological polar surface area (TPSA) is 0 Å². The lowest BCUT2D eigenvalue weighted by Crippen LogP contribution is -2.59. The van der Waals surface area contributed by atoms with Crippen molar-refractivity contribution in [3.8, 4) is 0 Å². The van der Waals surface area contributed by atoms with Crippen molar-refractivity contribution in [1.82, 2.24) is 0 Å². The van der Waals surface area contributed by atoms with Crippen LogP contribution in [0.25, 0.3) is 0 Å². The van der Waals surface area contributed by atoms with Crippen LogP contribution in [0.1, 0.15) is 26.3 Å². The molecule has 0 heterocycles. The minimum absolute atomic E-state index is 0.383. The van der Waals surface area contributed by atoms with E-state index in [9.17, 15) is 0 Å². The third kappa shape index (κ3) is 2.54. The van der Waals surface area contributed by atoms with E-state index in [1.54, 1.807) is 0 Å². The van der Waals surface area contributed by atoms with Gasteiger partial charge in [-0.05, 0) is 63.8 Å². The normalized spacial score (nSPS) is 46.0. The Hall–Kier alpha value is 2.54. The van der Waals surface area contributed by atoms with Crippen LogP contribution in [0.4, 0.5) is 0 Å². The monoisotopic (exact) mass is 861 g/mol. The highest BCUT2D eigenvalue weighted by molar-refractivity contribution is 9.18. The second-order valence-corrected chi connectivity index (χ2v) is 16.5. The van der Waals surface area contributed by atoms with Gasteiger partial charge in [0.25, 0.3) is 0 Å². The van der Waals surface area contributed by atoms with E-state index in [1.807, 2.05) is 6.07 Å². The maximum Gasteiger partial charge on any atom is 0.0908 e. The first-order chi connectivity index (χ1) is 11.7. The summed E-state index contributed by atoms with van der Waals surface area (Å²) in [6.07, 6.45) is 0. The summed E-state index contributed by atoms with van der Waals surface area (Å²) in [6, 6.07) is 10.5. The maximum absolute atomic E-state index is 4.20. The van der Waals surface area contributed by atoms with Gasteiger partial charge in [-0.2, -0.15) is 0 Å². The summed E-state index contributed by atoms with van der Waals surface area (Å²) in [6.45, 7) is 6.63. The van der Waals surface area contributed by atoms with E-state index in [0.717, 1.165) is 13.4 Å². The Morgan fingerprint density at radius 3 is 1.69 bits per heavy atom. The van der Waals surface area contributed by atoms with Crippen molar-refractivity contribution in [2.45, 2.75) is 42.4 Å². The van der Waals surface area contributed by atoms with E-state index in [0.29, 0.717) is 0 Å². The SMILES string of the molecule is CC1(Br)C(Br)=C(Br)C(Br)=C2C(Br)(c3ccccc3)C(C)(Br)C(C)(Br)C21Br. The molecule has 1 aromatic carbocycles. The first-order valence-electron chi connectivity index (χ1n) is 7.67. The van der Waals surface area contributed by atoms with Crippen LogP contribution in [0.3, 0.4) is 0 Å². The molecule has 5 atom stereocenters. The summed E-state index contributed by atoms with van der Waals surface area (Å²) >= 11 is 32.1. The van der Waals surface area contributed by atoms with Gasteiger partial charge in [0.05, 0.1) is 21.6 Å². The Morgan fingerprint density at radius 2 is 1.19 bits per heavy atom. The Bertz CT molecular complexity index is 836. The third-order valence-corrected chi connectivity index (χ3v) is 19.6. The predicted molar refractivity (Wildman–Crippen MR) is 142 cm³/mol. The van der Waals surface area contributed by atoms with Gasteiger partial charge in [0, 0.05) is 13.4 Å². The van der Waals surface area contributed by atoms with Gasteiger partial charge in [-0.15, -0.1) is 0 Å². The van der Waals surface area contributed by atoms with Crippen LogP contribution in [-0.4, -0.2) is 17.3 Å². The second kappa shape index (κ2) is 7.03. The van der Waals surface area contributed by atoms with Crippen molar-refractivity contribution in [1.29, 1.82) is 0 Å². The van der Waals surface area contributed by atoms with Gasteiger partial charge in [-0.1, -0.05) is 126 Å². The second-order valence-electron chi connectivity index (χ2n) is 7.01. The van der Waals surface area contributed by atoms with Gasteiger partial charge >= 0.3 is 0 Å². The number of allylic oxidation sites excluding steroid dienone is 4. The average Bonchev–Trinajstić information content (AvgIpc) is 2.68. The predicted octanol–water partition coefficient (Wildman–Crippen LogP) is 9.55. The average molecular weight is 870 g/mol. The van der Waals surface area contributed by atoms with Gasteiger partial charge in [0.1, 0.15) is 0 Å². The highest BCUT2D eigenvalue weighted by Gasteiger charge is 2.80. The summed E-state index contributed by atoms with van der Waals surface area (Å²) in [7, 11) is 0. The van der Waals surface area contributed by atoms with Crippen molar-refractivity contribution in [3.63, 3.8) is 0 Å². The fraction of sp³-hybridized carbons (Fsp3) is 0.444. The fourth-order valence-corrected chi connectivity index (χ4v) is 12.9. The molecule has 1 saturated carbocycles. The smallest absolute Gasteiger partial charge is 0.0821 e. The van der Waals surface area contributed by atoms with Crippen LogP contribution >= 0.6 is 127 Å². The van der Waals surface area contributed by atoms with E-state index in [4.69, 9.17) is 0 Å². The number of rotatable bonds is 1. The quantitative estimate of drug-likeness (QED) is 0.247. The molecule has 0 spiro atoms. The fourth-order valence-electron chi connectivity index (χ4n) is 3.98. The molecule has 0 amide bonds. The Labute approximate surface area is 221 Å². The van der Waals surface area contributed by atoms with E-state index < -0.39 is 13.0 Å². The van der Waals surface area contributed by atoms with Crippen LogP contribution in [0, 0.1) is 0 Å². The standard InChI is InChI=1S/C18H14Br8/c1-14(22)13(21)11(20)10(19)12-17(25,9-7-5-4-6-8-9)15(2,23)16(3,24)18(12,14)26/h4-8H,1-3H3. The lowest BCUT2D eigenvalue weighted by atomic mass is 9.78. The van der Waals surface area contributed by atoms with Crippen LogP contribution in [0.5, 0.6) is 0 Å². The molecule has 5 unspecified atom stereocenters. The van der Waals surface area contributed by atoms with E-state index in [-0.39, 0.29) is 8.65 Å². The van der Waals surface area contributed by atoms with Gasteiger partial charge in [0.2, 0.25) is 0 Å². The molecule has 1 aromatic rings. The molecule has 0 saturated heterocycles. The summed E-state index contributed by atoms with van der Waals surface area (Å²) in [5, 5.41) is 0. The Kier molecular flexibility index (Phi) is 6.27. The van der Waals surface area contributed by atoms with Crippen LogP contribution in [-0.2, 0) is 4.32 Å². The molecule has 0 aromatic heterocycles. The molecule has 26 heavy (non-hydrogen) atoms. The van der Waals surface area contributed by atoms with E-state index in [1.165, 1.54) is 11.1 Å². The lowest BCUT2D eigenvalue weighted by molar-refractivity contribution is 0.451. The molecular weight excluding hydrogens is 855 g/mol. The number of alkyl halides is 5. The highest BCUT2D eigenvalue weighted by Crippen LogP contribution is 2.79. The molecule has 8 heteroatoms. The lowest BCUT2D eigenvalue weighted by Gasteiger charge is -2.51. The Morgan fingerprint density at radius 1 is 0.692 bits per heavy atom. The molecule has 0 aliphatic heterocycles. The van der Waals surface area contributed by atoms with Crippen molar-refractivity contribution >= 4 is 127 Å². The van der Waals surface area contributed by atoms with Crippen molar-refractivity contribution < 1.29 is 0 Å². The maximum atomic E-state index is 4.20. The summed E-state index contributed by atoms with van der Waals surface area (Å²) in [4.78, 5) is 0. The third-order valence-electron chi connectivity index (χ3n) is 5.70. The minimum Gasteiger partial charge on any atom is -0.0821 e. The molecule has 0 nitrogen and oxygen atoms in total. The molecule has 1 fully saturated rings. The Balaban J connectivity index is 2.54. The summed E-state index contributed by atoms with van der Waals surface area (Å²) in [5.41, 5.74) is 2.38. The van der Waals surface area contributed by atoms with Gasteiger partial charge in [-0.3, -0.25) is 0 Å². The largest absolute Gasteiger partial charge is 0.0908 e. The van der Waals surface area contributed by atoms with Gasteiger partial charge in [0.15, 0.2) is 0 Å². The van der Waals surface area contributed by atoms with Gasteiger partial charge < -0.3 is 0 Å². The van der Waals surface area contributed by atoms with E-state index >= 15 is 0 Å². The van der Waals surface area contributed by atoms with Crippen molar-refractivity contribution in [2.75, 3.05) is 0 Å². The van der Waals surface area contributed by atoms with E-state index in [2.05, 4.69) is 172 Å². The molecule has 142 valence electrons. The molecule has 3 rings (SSSR count). The zero-order valence-corrected chi connectivity index (χ0v) is 26.6. The first kappa shape index (κ1) is 23.2.